The average molecular weight is 186 g/mol. The molecule has 0 atom stereocenters. The molecule has 0 amide bonds. The van der Waals surface area contributed by atoms with Crippen LogP contribution in [0.1, 0.15) is 34.8 Å². The van der Waals surface area contributed by atoms with E-state index >= 15 is 0 Å². The Kier molecular flexibility index (Phi) is 1.48. The summed E-state index contributed by atoms with van der Waals surface area (Å²) >= 11 is 0. The van der Waals surface area contributed by atoms with Gasteiger partial charge in [-0.3, -0.25) is 4.79 Å². The first kappa shape index (κ1) is 7.74. The van der Waals surface area contributed by atoms with Gasteiger partial charge >= 0.3 is 0 Å². The van der Waals surface area contributed by atoms with Gasteiger partial charge in [-0.15, -0.1) is 0 Å². The molecule has 70 valence electrons. The molecule has 0 bridgehead atoms. The number of imidazole rings is 1. The molecule has 2 heterocycles. The molecule has 0 radical (unpaired) electrons. The number of hydrogen-bond acceptors (Lipinski definition) is 2. The van der Waals surface area contributed by atoms with Crippen LogP contribution >= 0.6 is 0 Å². The van der Waals surface area contributed by atoms with Crippen molar-refractivity contribution in [2.24, 2.45) is 0 Å². The summed E-state index contributed by atoms with van der Waals surface area (Å²) in [4.78, 5) is 14.7. The smallest absolute Gasteiger partial charge is 0.170 e. The van der Waals surface area contributed by atoms with Crippen molar-refractivity contribution in [2.45, 2.75) is 18.8 Å². The highest BCUT2D eigenvalue weighted by atomic mass is 16.1. The molecule has 3 nitrogen and oxygen atoms in total. The van der Waals surface area contributed by atoms with Crippen molar-refractivity contribution >= 4 is 11.8 Å². The number of fused-ring (bicyclic) bond motifs is 1. The van der Waals surface area contributed by atoms with Crippen LogP contribution in [0.2, 0.25) is 0 Å². The lowest BCUT2D eigenvalue weighted by molar-refractivity contribution is 0.112. The van der Waals surface area contributed by atoms with E-state index in [0.717, 1.165) is 17.7 Å². The highest BCUT2D eigenvalue weighted by Crippen LogP contribution is 2.40. The maximum Gasteiger partial charge on any atom is 0.170 e. The predicted molar refractivity (Wildman–Crippen MR) is 52.6 cm³/mol. The molecular weight excluding hydrogens is 176 g/mol. The third kappa shape index (κ3) is 1.05. The van der Waals surface area contributed by atoms with Crippen LogP contribution in [0.5, 0.6) is 0 Å². The monoisotopic (exact) mass is 186 g/mol. The fraction of sp³-hybridized carbons (Fsp3) is 0.273. The van der Waals surface area contributed by atoms with Crippen LogP contribution in [-0.4, -0.2) is 15.7 Å². The van der Waals surface area contributed by atoms with Crippen LogP contribution in [-0.2, 0) is 0 Å². The van der Waals surface area contributed by atoms with Gasteiger partial charge in [-0.25, -0.2) is 4.98 Å². The molecule has 1 saturated carbocycles. The Hall–Kier alpha value is -1.64. The van der Waals surface area contributed by atoms with Gasteiger partial charge in [-0.2, -0.15) is 0 Å². The third-order valence-electron chi connectivity index (χ3n) is 2.75. The molecule has 1 fully saturated rings. The zero-order chi connectivity index (χ0) is 9.54. The molecule has 0 unspecified atom stereocenters. The maximum atomic E-state index is 10.7. The highest BCUT2D eigenvalue weighted by Gasteiger charge is 2.23. The van der Waals surface area contributed by atoms with Gasteiger partial charge < -0.3 is 4.40 Å². The Balaban J connectivity index is 2.23. The van der Waals surface area contributed by atoms with Crippen molar-refractivity contribution in [1.82, 2.24) is 9.38 Å². The fourth-order valence-corrected chi connectivity index (χ4v) is 1.79. The number of carbonyl (C=O) groups excluding carboxylic acids is 1. The Morgan fingerprint density at radius 3 is 3.07 bits per heavy atom. The molecule has 0 N–H and O–H groups in total. The molecule has 1 aliphatic rings. The van der Waals surface area contributed by atoms with E-state index in [1.807, 2.05) is 10.6 Å². The molecule has 2 aromatic heterocycles. The van der Waals surface area contributed by atoms with E-state index < -0.39 is 0 Å². The molecule has 0 aromatic carbocycles. The highest BCUT2D eigenvalue weighted by molar-refractivity contribution is 5.83. The number of aldehydes is 1. The van der Waals surface area contributed by atoms with Gasteiger partial charge in [-0.1, -0.05) is 0 Å². The van der Waals surface area contributed by atoms with Crippen molar-refractivity contribution in [3.63, 3.8) is 0 Å². The van der Waals surface area contributed by atoms with Gasteiger partial charge in [0.15, 0.2) is 6.29 Å². The minimum atomic E-state index is 0.535. The second-order valence-corrected chi connectivity index (χ2v) is 3.77. The quantitative estimate of drug-likeness (QED) is 0.672. The van der Waals surface area contributed by atoms with Crippen LogP contribution in [0, 0.1) is 0 Å². The van der Waals surface area contributed by atoms with Gasteiger partial charge in [0.25, 0.3) is 0 Å². The van der Waals surface area contributed by atoms with E-state index in [1.54, 1.807) is 6.33 Å². The van der Waals surface area contributed by atoms with E-state index in [2.05, 4.69) is 17.1 Å². The second-order valence-electron chi connectivity index (χ2n) is 3.77. The van der Waals surface area contributed by atoms with Crippen molar-refractivity contribution in [3.05, 3.63) is 35.9 Å². The van der Waals surface area contributed by atoms with Crippen LogP contribution in [0.25, 0.3) is 5.52 Å². The van der Waals surface area contributed by atoms with Gasteiger partial charge in [0.1, 0.15) is 12.0 Å². The number of aromatic nitrogens is 2. The topological polar surface area (TPSA) is 34.4 Å². The first-order valence-electron chi connectivity index (χ1n) is 4.80. The number of pyridine rings is 1. The van der Waals surface area contributed by atoms with Gasteiger partial charge in [-0.05, 0) is 36.5 Å². The van der Waals surface area contributed by atoms with Crippen LogP contribution in [0.4, 0.5) is 0 Å². The lowest BCUT2D eigenvalue weighted by atomic mass is 10.1. The summed E-state index contributed by atoms with van der Waals surface area (Å²) in [5, 5.41) is 0. The molecule has 1 aliphatic carbocycles. The summed E-state index contributed by atoms with van der Waals surface area (Å²) in [6.45, 7) is 0. The number of hydrogen-bond donors (Lipinski definition) is 0. The summed E-state index contributed by atoms with van der Waals surface area (Å²) in [5.41, 5.74) is 2.79. The minimum absolute atomic E-state index is 0.535. The average Bonchev–Trinajstić information content (AvgIpc) is 2.98. The predicted octanol–water partition coefficient (Wildman–Crippen LogP) is 2.02. The largest absolute Gasteiger partial charge is 0.306 e. The third-order valence-corrected chi connectivity index (χ3v) is 2.75. The molecule has 2 aromatic rings. The first-order chi connectivity index (χ1) is 6.88. The Morgan fingerprint density at radius 1 is 1.50 bits per heavy atom. The maximum absolute atomic E-state index is 10.7. The zero-order valence-corrected chi connectivity index (χ0v) is 7.68. The van der Waals surface area contributed by atoms with E-state index in [1.165, 1.54) is 18.4 Å². The fourth-order valence-electron chi connectivity index (χ4n) is 1.79. The van der Waals surface area contributed by atoms with E-state index in [-0.39, 0.29) is 0 Å². The van der Waals surface area contributed by atoms with Crippen LogP contribution in [0.15, 0.2) is 24.7 Å². The van der Waals surface area contributed by atoms with Gasteiger partial charge in [0, 0.05) is 6.20 Å². The SMILES string of the molecule is O=Cc1ncn2ccc(C3CC3)cc12. The Labute approximate surface area is 81.4 Å². The molecule has 0 saturated heterocycles. The summed E-state index contributed by atoms with van der Waals surface area (Å²) < 4.78 is 1.88. The lowest BCUT2D eigenvalue weighted by Crippen LogP contribution is -1.87. The normalized spacial score (nSPS) is 16.0. The molecule has 0 aliphatic heterocycles. The summed E-state index contributed by atoms with van der Waals surface area (Å²) in [6.07, 6.45) is 7.02. The molecule has 3 heteroatoms. The number of nitrogens with zero attached hydrogens (tertiary/aromatic N) is 2. The molecular formula is C11H10N2O. The molecule has 3 rings (SSSR count). The van der Waals surface area contributed by atoms with Gasteiger partial charge in [0.2, 0.25) is 0 Å². The van der Waals surface area contributed by atoms with Crippen LogP contribution in [0.3, 0.4) is 0 Å². The van der Waals surface area contributed by atoms with E-state index in [4.69, 9.17) is 0 Å². The van der Waals surface area contributed by atoms with Crippen molar-refractivity contribution in [1.29, 1.82) is 0 Å². The first-order valence-corrected chi connectivity index (χ1v) is 4.80. The summed E-state index contributed by atoms with van der Waals surface area (Å²) in [5.74, 6) is 0.717. The zero-order valence-electron chi connectivity index (χ0n) is 7.68. The minimum Gasteiger partial charge on any atom is -0.306 e. The van der Waals surface area contributed by atoms with Crippen LogP contribution < -0.4 is 0 Å². The summed E-state index contributed by atoms with van der Waals surface area (Å²) in [7, 11) is 0. The van der Waals surface area contributed by atoms with Gasteiger partial charge in [0.05, 0.1) is 5.52 Å². The summed E-state index contributed by atoms with van der Waals surface area (Å²) in [6, 6.07) is 4.19. The van der Waals surface area contributed by atoms with E-state index in [9.17, 15) is 4.79 Å². The molecule has 0 spiro atoms. The Bertz CT molecular complexity index is 497. The van der Waals surface area contributed by atoms with Crippen molar-refractivity contribution in [3.8, 4) is 0 Å². The van der Waals surface area contributed by atoms with Crippen molar-refractivity contribution in [2.75, 3.05) is 0 Å². The second kappa shape index (κ2) is 2.67. The number of rotatable bonds is 2. The Morgan fingerprint density at radius 2 is 2.36 bits per heavy atom. The molecule has 14 heavy (non-hydrogen) atoms. The van der Waals surface area contributed by atoms with Crippen molar-refractivity contribution < 1.29 is 4.79 Å². The number of carbonyl (C=O) groups is 1. The standard InChI is InChI=1S/C11H10N2O/c14-6-10-11-5-9(8-1-2-8)3-4-13(11)7-12-10/h3-8H,1-2H2. The lowest BCUT2D eigenvalue weighted by Gasteiger charge is -1.99. The van der Waals surface area contributed by atoms with E-state index in [0.29, 0.717) is 5.69 Å².